The zero-order chi connectivity index (χ0) is 11.7. The third kappa shape index (κ3) is 5.66. The molecule has 1 aromatic rings. The van der Waals surface area contributed by atoms with Crippen molar-refractivity contribution in [3.8, 4) is 0 Å². The van der Waals surface area contributed by atoms with E-state index < -0.39 is 14.0 Å². The molecule has 0 spiro atoms. The van der Waals surface area contributed by atoms with E-state index in [1.165, 1.54) is 0 Å². The van der Waals surface area contributed by atoms with E-state index in [-0.39, 0.29) is 0 Å². The van der Waals surface area contributed by atoms with Crippen LogP contribution in [-0.4, -0.2) is 11.8 Å². The molecule has 0 unspecified atom stereocenters. The predicted molar refractivity (Wildman–Crippen MR) is 59.4 cm³/mol. The molecule has 0 saturated carbocycles. The van der Waals surface area contributed by atoms with Crippen molar-refractivity contribution in [2.45, 2.75) is 6.92 Å². The van der Waals surface area contributed by atoms with Gasteiger partial charge in [0.1, 0.15) is 6.29 Å². The molecule has 0 aliphatic carbocycles. The van der Waals surface area contributed by atoms with Crippen molar-refractivity contribution in [1.82, 2.24) is 0 Å². The maximum atomic E-state index is 10.2. The number of carbonyl (C=O) groups is 2. The molecule has 0 fully saturated rings. The average Bonchev–Trinajstić information content (AvgIpc) is 2.29. The van der Waals surface area contributed by atoms with Crippen LogP contribution in [-0.2, 0) is 9.36 Å². The van der Waals surface area contributed by atoms with Crippen LogP contribution in [0.1, 0.15) is 15.9 Å². The molecule has 1 aromatic carbocycles. The number of benzene rings is 1. The first-order valence-corrected chi connectivity index (χ1v) is 4.97. The first kappa shape index (κ1) is 13.4. The third-order valence-corrected chi connectivity index (χ3v) is 1.94. The molecule has 0 radical (unpaired) electrons. The highest BCUT2D eigenvalue weighted by atomic mass is 31.1. The molecule has 0 bridgehead atoms. The highest BCUT2D eigenvalue weighted by Gasteiger charge is 1.90. The van der Waals surface area contributed by atoms with Gasteiger partial charge < -0.3 is 0 Å². The molecule has 0 aromatic heterocycles. The van der Waals surface area contributed by atoms with E-state index in [2.05, 4.69) is 6.58 Å². The molecular weight excluding hydrogens is 211 g/mol. The van der Waals surface area contributed by atoms with Gasteiger partial charge in [-0.15, -0.1) is 0 Å². The van der Waals surface area contributed by atoms with Gasteiger partial charge in [-0.2, -0.15) is 0 Å². The summed E-state index contributed by atoms with van der Waals surface area (Å²) in [7, 11) is -0.479. The predicted octanol–water partition coefficient (Wildman–Crippen LogP) is 2.80. The van der Waals surface area contributed by atoms with Crippen LogP contribution in [0, 0.1) is 6.92 Å². The lowest BCUT2D eigenvalue weighted by Crippen LogP contribution is -1.82. The molecule has 0 amide bonds. The summed E-state index contributed by atoms with van der Waals surface area (Å²) >= 11 is 0. The molecule has 0 saturated heterocycles. The van der Waals surface area contributed by atoms with Gasteiger partial charge in [-0.25, -0.2) is 0 Å². The average molecular weight is 222 g/mol. The Morgan fingerprint density at radius 2 is 2.00 bits per heavy atom. The van der Waals surface area contributed by atoms with Gasteiger partial charge in [0.05, 0.1) is 0 Å². The Morgan fingerprint density at radius 3 is 2.27 bits per heavy atom. The van der Waals surface area contributed by atoms with Crippen molar-refractivity contribution in [3.05, 3.63) is 48.0 Å². The number of allylic oxidation sites excluding steroid dienone is 1. The van der Waals surface area contributed by atoms with Crippen molar-refractivity contribution < 1.29 is 14.2 Å². The van der Waals surface area contributed by atoms with Crippen LogP contribution in [0.4, 0.5) is 0 Å². The van der Waals surface area contributed by atoms with Crippen LogP contribution in [0.2, 0.25) is 0 Å². The van der Waals surface area contributed by atoms with Gasteiger partial charge in [-0.1, -0.05) is 30.8 Å². The molecule has 0 atom stereocenters. The molecule has 4 heteroatoms. The zero-order valence-electron chi connectivity index (χ0n) is 8.34. The zero-order valence-corrected chi connectivity index (χ0v) is 9.24. The normalized spacial score (nSPS) is 8.60. The highest BCUT2D eigenvalue weighted by Crippen LogP contribution is 2.02. The van der Waals surface area contributed by atoms with Crippen LogP contribution in [0.3, 0.4) is 0 Å². The number of aldehydes is 1. The highest BCUT2D eigenvalue weighted by molar-refractivity contribution is 7.46. The van der Waals surface area contributed by atoms with Gasteiger partial charge in [0.2, 0.25) is 14.0 Å². The number of carbonyl (C=O) groups excluding carboxylic acids is 2. The van der Waals surface area contributed by atoms with Crippen LogP contribution in [0.5, 0.6) is 0 Å². The fraction of sp³-hybridized carbons (Fsp3) is 0.0909. The number of rotatable bonds is 3. The molecule has 0 aliphatic rings. The molecule has 0 aliphatic heterocycles. The Morgan fingerprint density at radius 1 is 1.40 bits per heavy atom. The van der Waals surface area contributed by atoms with Gasteiger partial charge in [-0.3, -0.25) is 14.2 Å². The van der Waals surface area contributed by atoms with E-state index in [1.54, 1.807) is 0 Å². The van der Waals surface area contributed by atoms with Crippen LogP contribution in [0.15, 0.2) is 36.9 Å². The Labute approximate surface area is 90.0 Å². The van der Waals surface area contributed by atoms with Gasteiger partial charge in [-0.05, 0) is 18.6 Å². The Kier molecular flexibility index (Phi) is 6.94. The fourth-order valence-corrected chi connectivity index (χ4v) is 0.831. The molecule has 0 N–H and O–H groups in total. The largest absolute Gasteiger partial charge is 0.298 e. The molecular formula is C11H11O3P. The first-order valence-electron chi connectivity index (χ1n) is 4.16. The topological polar surface area (TPSA) is 51.2 Å². The van der Waals surface area contributed by atoms with E-state index in [0.29, 0.717) is 0 Å². The quantitative estimate of drug-likeness (QED) is 0.449. The van der Waals surface area contributed by atoms with E-state index in [4.69, 9.17) is 0 Å². The smallest absolute Gasteiger partial charge is 0.245 e. The van der Waals surface area contributed by atoms with E-state index in [1.807, 2.05) is 31.2 Å². The fourth-order valence-electron chi connectivity index (χ4n) is 0.756. The summed E-state index contributed by atoms with van der Waals surface area (Å²) < 4.78 is 9.41. The summed E-state index contributed by atoms with van der Waals surface area (Å²) in [4.78, 5) is 20.0. The molecule has 1 rings (SSSR count). The van der Waals surface area contributed by atoms with Crippen LogP contribution >= 0.6 is 8.46 Å². The van der Waals surface area contributed by atoms with Crippen molar-refractivity contribution in [2.24, 2.45) is 0 Å². The van der Waals surface area contributed by atoms with Gasteiger partial charge in [0.25, 0.3) is 0 Å². The number of hydrogen-bond acceptors (Lipinski definition) is 3. The van der Waals surface area contributed by atoms with Crippen LogP contribution in [0.25, 0.3) is 0 Å². The Bertz CT molecular complexity index is 362. The monoisotopic (exact) mass is 222 g/mol. The second-order valence-corrected chi connectivity index (χ2v) is 3.23. The lowest BCUT2D eigenvalue weighted by Gasteiger charge is -1.92. The molecule has 78 valence electrons. The minimum Gasteiger partial charge on any atom is -0.298 e. The van der Waals surface area contributed by atoms with E-state index in [0.717, 1.165) is 23.5 Å². The van der Waals surface area contributed by atoms with E-state index in [9.17, 15) is 14.2 Å². The lowest BCUT2D eigenvalue weighted by molar-refractivity contribution is -0.107. The van der Waals surface area contributed by atoms with Gasteiger partial charge >= 0.3 is 0 Å². The minimum atomic E-state index is -0.479. The number of aryl methyl sites for hydroxylation is 1. The van der Waals surface area contributed by atoms with Crippen molar-refractivity contribution in [1.29, 1.82) is 0 Å². The second kappa shape index (κ2) is 7.77. The summed E-state index contributed by atoms with van der Waals surface area (Å²) in [5, 5.41) is 0. The standard InChI is InChI=1S/C8H8O.C3H3O2P/c1-7-4-2-3-5-8(7)6-9;1-2-3(4)6-5/h2-6H,1H3;2H,1H2. The maximum Gasteiger partial charge on any atom is 0.245 e. The molecule has 0 heterocycles. The summed E-state index contributed by atoms with van der Waals surface area (Å²) in [6.45, 7) is 5.00. The summed E-state index contributed by atoms with van der Waals surface area (Å²) in [5.74, 6) is 0. The summed E-state index contributed by atoms with van der Waals surface area (Å²) in [5.41, 5.74) is 1.33. The van der Waals surface area contributed by atoms with Crippen molar-refractivity contribution >= 4 is 20.3 Å². The Balaban J connectivity index is 0.000000288. The minimum absolute atomic E-state index is 0.477. The second-order valence-electron chi connectivity index (χ2n) is 2.61. The lowest BCUT2D eigenvalue weighted by atomic mass is 10.1. The number of hydrogen-bond donors (Lipinski definition) is 0. The summed E-state index contributed by atoms with van der Waals surface area (Å²) in [6, 6.07) is 7.51. The first-order chi connectivity index (χ1) is 7.15. The Hall–Kier alpha value is -1.60. The van der Waals surface area contributed by atoms with Crippen LogP contribution < -0.4 is 0 Å². The van der Waals surface area contributed by atoms with Crippen molar-refractivity contribution in [2.75, 3.05) is 0 Å². The van der Waals surface area contributed by atoms with Gasteiger partial charge in [0, 0.05) is 5.56 Å². The van der Waals surface area contributed by atoms with E-state index >= 15 is 0 Å². The maximum absolute atomic E-state index is 10.2. The molecule has 15 heavy (non-hydrogen) atoms. The SMILES string of the molecule is C=CC(=O)P=O.Cc1ccccc1C=O. The third-order valence-electron chi connectivity index (χ3n) is 1.58. The molecule has 3 nitrogen and oxygen atoms in total. The van der Waals surface area contributed by atoms with Gasteiger partial charge in [0.15, 0.2) is 0 Å². The van der Waals surface area contributed by atoms with Crippen molar-refractivity contribution in [3.63, 3.8) is 0 Å². The summed E-state index contributed by atoms with van der Waals surface area (Å²) in [6.07, 6.45) is 1.88.